The number of phenolic OH excluding ortho intramolecular Hbond substituents is 1. The third-order valence-corrected chi connectivity index (χ3v) is 8.88. The summed E-state index contributed by atoms with van der Waals surface area (Å²) in [5.41, 5.74) is 0.968. The molecule has 0 spiro atoms. The molecule has 10 heteroatoms. The number of carbonyl (C=O) groups is 1. The van der Waals surface area contributed by atoms with Crippen molar-refractivity contribution < 1.29 is 32.3 Å². The summed E-state index contributed by atoms with van der Waals surface area (Å²) in [7, 11) is -3.71. The van der Waals surface area contributed by atoms with Crippen molar-refractivity contribution in [3.63, 3.8) is 0 Å². The molecule has 1 amide bonds. The molecule has 0 atom stereocenters. The van der Waals surface area contributed by atoms with E-state index in [1.54, 1.807) is 30.3 Å². The zero-order valence-corrected chi connectivity index (χ0v) is 21.0. The van der Waals surface area contributed by atoms with Crippen LogP contribution in [0.5, 0.6) is 5.75 Å². The van der Waals surface area contributed by atoms with Crippen LogP contribution in [0.1, 0.15) is 51.8 Å². The minimum Gasteiger partial charge on any atom is -0.508 e. The van der Waals surface area contributed by atoms with Crippen molar-refractivity contribution in [2.75, 3.05) is 30.9 Å². The van der Waals surface area contributed by atoms with Crippen LogP contribution in [0.25, 0.3) is 0 Å². The number of anilines is 1. The number of rotatable bonds is 10. The predicted octanol–water partition coefficient (Wildman–Crippen LogP) is 3.43. The van der Waals surface area contributed by atoms with Crippen LogP contribution in [-0.4, -0.2) is 54.9 Å². The van der Waals surface area contributed by atoms with Crippen molar-refractivity contribution in [2.24, 2.45) is 5.92 Å². The maximum absolute atomic E-state index is 13.0. The fourth-order valence-electron chi connectivity index (χ4n) is 3.58. The number of hydrogen-bond donors (Lipinski definition) is 2. The Morgan fingerprint density at radius 3 is 2.47 bits per heavy atom. The Morgan fingerprint density at radius 1 is 1.18 bits per heavy atom. The third-order valence-electron chi connectivity index (χ3n) is 6.23. The number of carbonyl (C=O) groups excluding carboxylic acids is 1. The third kappa shape index (κ3) is 6.37. The summed E-state index contributed by atoms with van der Waals surface area (Å²) < 4.78 is 40.7. The molecule has 3 rings (SSSR count). The lowest BCUT2D eigenvalue weighted by atomic mass is 9.90. The lowest BCUT2D eigenvalue weighted by Gasteiger charge is -2.28. The number of ether oxygens (including phenoxy) is 2. The van der Waals surface area contributed by atoms with Gasteiger partial charge in [-0.25, -0.2) is 8.42 Å². The van der Waals surface area contributed by atoms with Gasteiger partial charge in [-0.05, 0) is 50.3 Å². The molecule has 2 heterocycles. The average Bonchev–Trinajstić information content (AvgIpc) is 3.25. The molecular formula is C24H34N2O7S. The molecule has 0 saturated carbocycles. The minimum absolute atomic E-state index is 0.00918. The first-order chi connectivity index (χ1) is 15.9. The standard InChI is InChI=1S/C24H34N2O7S/c1-23(2,16-32-14-17-5-7-19(27)8-6-17)20-13-21(33-26-20)25-22(28)24(3,4)34(29,30)15-18-9-11-31-12-10-18/h5-8,13,18,27H,9-12,14-16H2,1-4H3,(H,25,28). The van der Waals surface area contributed by atoms with Gasteiger partial charge in [0.05, 0.1) is 24.7 Å². The lowest BCUT2D eigenvalue weighted by molar-refractivity contribution is -0.118. The topological polar surface area (TPSA) is 128 Å². The fraction of sp³-hybridized carbons (Fsp3) is 0.583. The largest absolute Gasteiger partial charge is 0.508 e. The molecule has 1 aliphatic rings. The van der Waals surface area contributed by atoms with Gasteiger partial charge in [-0.2, -0.15) is 0 Å². The second-order valence-electron chi connectivity index (χ2n) is 9.92. The fourth-order valence-corrected chi connectivity index (χ4v) is 5.28. The highest BCUT2D eigenvalue weighted by Gasteiger charge is 2.43. The second-order valence-corrected chi connectivity index (χ2v) is 12.5. The normalized spacial score (nSPS) is 15.9. The molecule has 0 aliphatic carbocycles. The quantitative estimate of drug-likeness (QED) is 0.514. The highest BCUT2D eigenvalue weighted by atomic mass is 32.2. The first-order valence-corrected chi connectivity index (χ1v) is 13.0. The SMILES string of the molecule is CC(C)(COCc1ccc(O)cc1)c1cc(NC(=O)C(C)(C)S(=O)(=O)CC2CCOCC2)on1. The van der Waals surface area contributed by atoms with E-state index < -0.39 is 25.9 Å². The van der Waals surface area contributed by atoms with Gasteiger partial charge in [0.2, 0.25) is 11.8 Å². The van der Waals surface area contributed by atoms with E-state index >= 15 is 0 Å². The predicted molar refractivity (Wildman–Crippen MR) is 127 cm³/mol. The molecule has 2 N–H and O–H groups in total. The summed E-state index contributed by atoms with van der Waals surface area (Å²) in [5, 5.41) is 16.0. The molecule has 0 bridgehead atoms. The van der Waals surface area contributed by atoms with Gasteiger partial charge in [0.25, 0.3) is 0 Å². The first kappa shape index (κ1) is 26.2. The van der Waals surface area contributed by atoms with Crippen LogP contribution in [0, 0.1) is 5.92 Å². The Labute approximate surface area is 200 Å². The number of sulfone groups is 1. The molecule has 0 unspecified atom stereocenters. The molecule has 1 saturated heterocycles. The molecule has 0 radical (unpaired) electrons. The van der Waals surface area contributed by atoms with E-state index in [9.17, 15) is 18.3 Å². The molecule has 34 heavy (non-hydrogen) atoms. The van der Waals surface area contributed by atoms with Gasteiger partial charge >= 0.3 is 0 Å². The van der Waals surface area contributed by atoms with Crippen molar-refractivity contribution in [2.45, 2.75) is 57.3 Å². The first-order valence-electron chi connectivity index (χ1n) is 11.3. The van der Waals surface area contributed by atoms with E-state index in [1.807, 2.05) is 13.8 Å². The maximum Gasteiger partial charge on any atom is 0.247 e. The van der Waals surface area contributed by atoms with Gasteiger partial charge in [0.1, 0.15) is 10.5 Å². The average molecular weight is 495 g/mol. The highest BCUT2D eigenvalue weighted by molar-refractivity contribution is 7.93. The van der Waals surface area contributed by atoms with Crippen molar-refractivity contribution in [1.82, 2.24) is 5.16 Å². The number of hydrogen-bond acceptors (Lipinski definition) is 8. The van der Waals surface area contributed by atoms with E-state index in [-0.39, 0.29) is 23.3 Å². The summed E-state index contributed by atoms with van der Waals surface area (Å²) in [6.07, 6.45) is 1.35. The molecule has 1 aromatic carbocycles. The molecule has 1 fully saturated rings. The Kier molecular flexibility index (Phi) is 8.05. The Morgan fingerprint density at radius 2 is 1.82 bits per heavy atom. The number of aromatic nitrogens is 1. The van der Waals surface area contributed by atoms with Crippen molar-refractivity contribution in [3.05, 3.63) is 41.6 Å². The van der Waals surface area contributed by atoms with Crippen LogP contribution >= 0.6 is 0 Å². The molecule has 9 nitrogen and oxygen atoms in total. The van der Waals surface area contributed by atoms with Gasteiger partial charge in [-0.3, -0.25) is 10.1 Å². The van der Waals surface area contributed by atoms with Crippen LogP contribution in [0.3, 0.4) is 0 Å². The second kappa shape index (κ2) is 10.5. The van der Waals surface area contributed by atoms with Gasteiger partial charge < -0.3 is 19.1 Å². The summed E-state index contributed by atoms with van der Waals surface area (Å²) in [6, 6.07) is 8.35. The van der Waals surface area contributed by atoms with Crippen LogP contribution in [-0.2, 0) is 36.1 Å². The smallest absolute Gasteiger partial charge is 0.247 e. The minimum atomic E-state index is -3.71. The lowest BCUT2D eigenvalue weighted by Crippen LogP contribution is -2.47. The maximum atomic E-state index is 13.0. The van der Waals surface area contributed by atoms with E-state index in [1.165, 1.54) is 13.8 Å². The van der Waals surface area contributed by atoms with E-state index in [0.29, 0.717) is 45.0 Å². The van der Waals surface area contributed by atoms with Gasteiger partial charge in [0, 0.05) is 24.7 Å². The van der Waals surface area contributed by atoms with Crippen LogP contribution in [0.2, 0.25) is 0 Å². The van der Waals surface area contributed by atoms with Gasteiger partial charge in [0.15, 0.2) is 9.84 Å². The summed E-state index contributed by atoms with van der Waals surface area (Å²) in [5.74, 6) is -0.445. The summed E-state index contributed by atoms with van der Waals surface area (Å²) >= 11 is 0. The van der Waals surface area contributed by atoms with E-state index in [2.05, 4.69) is 10.5 Å². The Bertz CT molecular complexity index is 1070. The molecule has 1 aromatic heterocycles. The van der Waals surface area contributed by atoms with Crippen molar-refractivity contribution in [3.8, 4) is 5.75 Å². The number of nitrogens with zero attached hydrogens (tertiary/aromatic N) is 1. The zero-order valence-electron chi connectivity index (χ0n) is 20.2. The van der Waals surface area contributed by atoms with Gasteiger partial charge in [-0.1, -0.05) is 31.1 Å². The number of aromatic hydroxyl groups is 1. The van der Waals surface area contributed by atoms with Crippen LogP contribution in [0.4, 0.5) is 5.88 Å². The van der Waals surface area contributed by atoms with Crippen molar-refractivity contribution >= 4 is 21.6 Å². The van der Waals surface area contributed by atoms with E-state index in [0.717, 1.165) is 5.56 Å². The van der Waals surface area contributed by atoms with E-state index in [4.69, 9.17) is 14.0 Å². The molecular weight excluding hydrogens is 460 g/mol. The molecule has 2 aromatic rings. The molecule has 188 valence electrons. The monoisotopic (exact) mass is 494 g/mol. The number of phenols is 1. The zero-order chi connectivity index (χ0) is 25.0. The Hall–Kier alpha value is -2.43. The molecule has 1 aliphatic heterocycles. The number of nitrogens with one attached hydrogen (secondary N) is 1. The number of benzene rings is 1. The summed E-state index contributed by atoms with van der Waals surface area (Å²) in [4.78, 5) is 12.9. The summed E-state index contributed by atoms with van der Waals surface area (Å²) in [6.45, 7) is 8.46. The Balaban J connectivity index is 1.58. The highest BCUT2D eigenvalue weighted by Crippen LogP contribution is 2.28. The van der Waals surface area contributed by atoms with Crippen LogP contribution in [0.15, 0.2) is 34.9 Å². The number of amides is 1. The van der Waals surface area contributed by atoms with Gasteiger partial charge in [-0.15, -0.1) is 0 Å². The van der Waals surface area contributed by atoms with Crippen molar-refractivity contribution in [1.29, 1.82) is 0 Å². The van der Waals surface area contributed by atoms with Crippen LogP contribution < -0.4 is 5.32 Å².